The average Bonchev–Trinajstić information content (AvgIpc) is 3.49. The third kappa shape index (κ3) is 3.93. The van der Waals surface area contributed by atoms with Gasteiger partial charge in [-0.05, 0) is 73.4 Å². The monoisotopic (exact) mass is 414 g/mol. The van der Waals surface area contributed by atoms with Crippen molar-refractivity contribution in [3.8, 4) is 5.75 Å². The van der Waals surface area contributed by atoms with Gasteiger partial charge in [0.1, 0.15) is 11.4 Å². The Morgan fingerprint density at radius 3 is 2.81 bits per heavy atom. The number of aryl methyl sites for hydroxylation is 1. The van der Waals surface area contributed by atoms with Gasteiger partial charge in [0.05, 0.1) is 12.8 Å². The van der Waals surface area contributed by atoms with Gasteiger partial charge in [0, 0.05) is 17.6 Å². The van der Waals surface area contributed by atoms with Gasteiger partial charge in [-0.15, -0.1) is 0 Å². The number of amides is 1. The maximum Gasteiger partial charge on any atom is 0.272 e. The van der Waals surface area contributed by atoms with Gasteiger partial charge in [0.25, 0.3) is 5.91 Å². The Morgan fingerprint density at radius 1 is 1.23 bits per heavy atom. The third-order valence-electron chi connectivity index (χ3n) is 5.38. The number of aromatic nitrogens is 1. The molecule has 26 heavy (non-hydrogen) atoms. The van der Waals surface area contributed by atoms with Gasteiger partial charge in [0.15, 0.2) is 0 Å². The van der Waals surface area contributed by atoms with Gasteiger partial charge in [-0.1, -0.05) is 22.0 Å². The number of likely N-dealkylation sites (N-methyl/N-ethyl adjacent to an activating group) is 1. The molecule has 1 aromatic carbocycles. The van der Waals surface area contributed by atoms with Crippen LogP contribution in [-0.2, 0) is 12.8 Å². The van der Waals surface area contributed by atoms with Crippen molar-refractivity contribution in [3.63, 3.8) is 0 Å². The van der Waals surface area contributed by atoms with Gasteiger partial charge >= 0.3 is 0 Å². The van der Waals surface area contributed by atoms with E-state index in [1.165, 1.54) is 24.0 Å². The topological polar surface area (TPSA) is 42.4 Å². The number of fused-ring (bicyclic) bond motifs is 1. The van der Waals surface area contributed by atoms with Crippen molar-refractivity contribution in [2.45, 2.75) is 38.1 Å². The molecule has 2 aliphatic rings. The fraction of sp³-hybridized carbons (Fsp3) is 0.429. The Balaban J connectivity index is 1.40. The minimum absolute atomic E-state index is 0.0238. The summed E-state index contributed by atoms with van der Waals surface area (Å²) in [6.07, 6.45) is 7.06. The number of carbonyl (C=O) groups is 1. The molecule has 1 unspecified atom stereocenters. The highest BCUT2D eigenvalue weighted by Crippen LogP contribution is 2.30. The number of rotatable bonds is 5. The smallest absolute Gasteiger partial charge is 0.272 e. The van der Waals surface area contributed by atoms with Gasteiger partial charge in [-0.2, -0.15) is 0 Å². The van der Waals surface area contributed by atoms with Crippen LogP contribution in [0.25, 0.3) is 0 Å². The minimum Gasteiger partial charge on any atom is -0.492 e. The highest BCUT2D eigenvalue weighted by Gasteiger charge is 2.26. The lowest BCUT2D eigenvalue weighted by atomic mass is 9.87. The molecule has 1 atom stereocenters. The van der Waals surface area contributed by atoms with Gasteiger partial charge < -0.3 is 9.64 Å². The standard InChI is InChI=1S/C21H23BrN2O2/c1-24(18-7-5-15-10-17(22)6-4-16(15)11-18)21(25)20-9-8-19(12-23-20)26-13-14-2-3-14/h4,6,8-10,12,14,18H,2-3,5,7,11,13H2,1H3. The molecule has 1 amide bonds. The first kappa shape index (κ1) is 17.5. The van der Waals surface area contributed by atoms with E-state index in [2.05, 4.69) is 39.1 Å². The van der Waals surface area contributed by atoms with E-state index in [1.807, 2.05) is 18.0 Å². The molecule has 5 heteroatoms. The molecule has 0 radical (unpaired) electrons. The van der Waals surface area contributed by atoms with Gasteiger partial charge in [0.2, 0.25) is 0 Å². The van der Waals surface area contributed by atoms with E-state index in [0.717, 1.165) is 36.1 Å². The second kappa shape index (κ2) is 7.39. The van der Waals surface area contributed by atoms with Crippen LogP contribution in [0.3, 0.4) is 0 Å². The SMILES string of the molecule is CN(C(=O)c1ccc(OCC2CC2)cn1)C1CCc2cc(Br)ccc2C1. The van der Waals surface area contributed by atoms with Crippen LogP contribution >= 0.6 is 15.9 Å². The molecule has 136 valence electrons. The van der Waals surface area contributed by atoms with Crippen LogP contribution in [0.2, 0.25) is 0 Å². The number of hydrogen-bond acceptors (Lipinski definition) is 3. The average molecular weight is 415 g/mol. The first-order valence-electron chi connectivity index (χ1n) is 9.23. The summed E-state index contributed by atoms with van der Waals surface area (Å²) in [6, 6.07) is 10.3. The first-order chi connectivity index (χ1) is 12.6. The highest BCUT2D eigenvalue weighted by atomic mass is 79.9. The van der Waals surface area contributed by atoms with Crippen molar-refractivity contribution in [2.24, 2.45) is 5.92 Å². The molecule has 4 nitrogen and oxygen atoms in total. The summed E-state index contributed by atoms with van der Waals surface area (Å²) in [4.78, 5) is 19.0. The summed E-state index contributed by atoms with van der Waals surface area (Å²) in [5, 5.41) is 0. The first-order valence-corrected chi connectivity index (χ1v) is 10.0. The molecular formula is C21H23BrN2O2. The van der Waals surface area contributed by atoms with Crippen LogP contribution < -0.4 is 4.74 Å². The van der Waals surface area contributed by atoms with Crippen LogP contribution in [0, 0.1) is 5.92 Å². The quantitative estimate of drug-likeness (QED) is 0.733. The molecule has 1 heterocycles. The van der Waals surface area contributed by atoms with Crippen molar-refractivity contribution < 1.29 is 9.53 Å². The molecule has 1 saturated carbocycles. The summed E-state index contributed by atoms with van der Waals surface area (Å²) >= 11 is 3.53. The van der Waals surface area contributed by atoms with E-state index in [4.69, 9.17) is 4.74 Å². The molecule has 0 aliphatic heterocycles. The predicted molar refractivity (Wildman–Crippen MR) is 105 cm³/mol. The van der Waals surface area contributed by atoms with Crippen LogP contribution in [0.5, 0.6) is 5.75 Å². The summed E-state index contributed by atoms with van der Waals surface area (Å²) in [6.45, 7) is 0.756. The Bertz CT molecular complexity index is 802. The highest BCUT2D eigenvalue weighted by molar-refractivity contribution is 9.10. The maximum absolute atomic E-state index is 12.8. The molecule has 2 aromatic rings. The normalized spacial score (nSPS) is 18.9. The maximum atomic E-state index is 12.8. The fourth-order valence-electron chi connectivity index (χ4n) is 3.47. The molecular weight excluding hydrogens is 392 g/mol. The zero-order valence-corrected chi connectivity index (χ0v) is 16.5. The van der Waals surface area contributed by atoms with Crippen molar-refractivity contribution in [2.75, 3.05) is 13.7 Å². The summed E-state index contributed by atoms with van der Waals surface area (Å²) < 4.78 is 6.82. The van der Waals surface area contributed by atoms with Gasteiger partial charge in [-0.25, -0.2) is 4.98 Å². The predicted octanol–water partition coefficient (Wildman–Crippen LogP) is 4.26. The number of ether oxygens (including phenoxy) is 1. The molecule has 0 spiro atoms. The molecule has 0 N–H and O–H groups in total. The zero-order chi connectivity index (χ0) is 18.1. The second-order valence-corrected chi connectivity index (χ2v) is 8.27. The van der Waals surface area contributed by atoms with E-state index in [-0.39, 0.29) is 11.9 Å². The lowest BCUT2D eigenvalue weighted by Crippen LogP contribution is -2.40. The molecule has 1 fully saturated rings. The number of halogens is 1. The van der Waals surface area contributed by atoms with Crippen molar-refractivity contribution in [1.82, 2.24) is 9.88 Å². The molecule has 2 aliphatic carbocycles. The lowest BCUT2D eigenvalue weighted by Gasteiger charge is -2.32. The van der Waals surface area contributed by atoms with E-state index < -0.39 is 0 Å². The molecule has 1 aromatic heterocycles. The number of benzene rings is 1. The summed E-state index contributed by atoms with van der Waals surface area (Å²) in [7, 11) is 1.88. The van der Waals surface area contributed by atoms with Crippen LogP contribution in [0.15, 0.2) is 41.0 Å². The van der Waals surface area contributed by atoms with Crippen LogP contribution in [-0.4, -0.2) is 35.5 Å². The van der Waals surface area contributed by atoms with E-state index >= 15 is 0 Å². The third-order valence-corrected chi connectivity index (χ3v) is 5.87. The van der Waals surface area contributed by atoms with Gasteiger partial charge in [-0.3, -0.25) is 4.79 Å². The zero-order valence-electron chi connectivity index (χ0n) is 15.0. The van der Waals surface area contributed by atoms with E-state index in [9.17, 15) is 4.79 Å². The Morgan fingerprint density at radius 2 is 2.08 bits per heavy atom. The number of nitrogens with zero attached hydrogens (tertiary/aromatic N) is 2. The second-order valence-electron chi connectivity index (χ2n) is 7.36. The summed E-state index contributed by atoms with van der Waals surface area (Å²) in [5.74, 6) is 1.43. The minimum atomic E-state index is -0.0238. The number of pyridine rings is 1. The molecule has 0 saturated heterocycles. The van der Waals surface area contributed by atoms with E-state index in [0.29, 0.717) is 11.6 Å². The van der Waals surface area contributed by atoms with Crippen molar-refractivity contribution in [3.05, 3.63) is 57.8 Å². The Hall–Kier alpha value is -1.88. The molecule has 0 bridgehead atoms. The fourth-order valence-corrected chi connectivity index (χ4v) is 3.88. The van der Waals surface area contributed by atoms with Crippen LogP contribution in [0.4, 0.5) is 0 Å². The number of carbonyl (C=O) groups excluding carboxylic acids is 1. The number of hydrogen-bond donors (Lipinski definition) is 0. The largest absolute Gasteiger partial charge is 0.492 e. The summed E-state index contributed by atoms with van der Waals surface area (Å²) in [5.41, 5.74) is 3.19. The Labute approximate surface area is 162 Å². The van der Waals surface area contributed by atoms with E-state index in [1.54, 1.807) is 12.3 Å². The van der Waals surface area contributed by atoms with Crippen LogP contribution in [0.1, 0.15) is 40.9 Å². The lowest BCUT2D eigenvalue weighted by molar-refractivity contribution is 0.0713. The Kier molecular flexibility index (Phi) is 4.98. The van der Waals surface area contributed by atoms with Crippen molar-refractivity contribution in [1.29, 1.82) is 0 Å². The van der Waals surface area contributed by atoms with Crippen molar-refractivity contribution >= 4 is 21.8 Å². The molecule has 4 rings (SSSR count).